The fourth-order valence-corrected chi connectivity index (χ4v) is 3.28. The molecule has 4 nitrogen and oxygen atoms in total. The predicted molar refractivity (Wildman–Crippen MR) is 82.3 cm³/mol. The summed E-state index contributed by atoms with van der Waals surface area (Å²) in [5, 5.41) is 3.91. The molecule has 0 radical (unpaired) electrons. The van der Waals surface area contributed by atoms with Gasteiger partial charge in [0.2, 0.25) is 0 Å². The van der Waals surface area contributed by atoms with Gasteiger partial charge in [-0.15, -0.1) is 11.3 Å². The van der Waals surface area contributed by atoms with Crippen molar-refractivity contribution < 1.29 is 9.21 Å². The van der Waals surface area contributed by atoms with Crippen LogP contribution in [0.1, 0.15) is 40.5 Å². The van der Waals surface area contributed by atoms with Crippen LogP contribution in [0.3, 0.4) is 0 Å². The van der Waals surface area contributed by atoms with Gasteiger partial charge in [0.15, 0.2) is 0 Å². The minimum atomic E-state index is -0.223. The van der Waals surface area contributed by atoms with Crippen molar-refractivity contribution in [3.05, 3.63) is 44.4 Å². The Balaban J connectivity index is 1.57. The highest BCUT2D eigenvalue weighted by Crippen LogP contribution is 2.47. The summed E-state index contributed by atoms with van der Waals surface area (Å²) in [5.74, 6) is 2.71. The maximum absolute atomic E-state index is 11.7. The van der Waals surface area contributed by atoms with E-state index in [-0.39, 0.29) is 5.91 Å². The Kier molecular flexibility index (Phi) is 3.76. The minimum absolute atomic E-state index is 0.223. The highest BCUT2D eigenvalue weighted by Gasteiger charge is 2.36. The van der Waals surface area contributed by atoms with Gasteiger partial charge in [0.1, 0.15) is 11.5 Å². The summed E-state index contributed by atoms with van der Waals surface area (Å²) < 4.78 is 6.58. The van der Waals surface area contributed by atoms with Crippen LogP contribution in [0, 0.1) is 5.92 Å². The van der Waals surface area contributed by atoms with Gasteiger partial charge in [0.05, 0.1) is 14.9 Å². The molecule has 1 fully saturated rings. The molecule has 1 aliphatic rings. The van der Waals surface area contributed by atoms with E-state index < -0.39 is 0 Å². The summed E-state index contributed by atoms with van der Waals surface area (Å²) in [6.45, 7) is 2.21. The molecule has 3 rings (SSSR count). The number of furan rings is 1. The second-order valence-electron chi connectivity index (χ2n) is 4.86. The van der Waals surface area contributed by atoms with Crippen LogP contribution in [-0.4, -0.2) is 12.1 Å². The molecule has 1 N–H and O–H groups in total. The number of hydrogen-bond donors (Lipinski definition) is 1. The monoisotopic (exact) mass is 352 g/mol. The first-order chi connectivity index (χ1) is 9.63. The molecule has 0 unspecified atom stereocenters. The fourth-order valence-electron chi connectivity index (χ4n) is 2.00. The largest absolute Gasteiger partial charge is 0.460 e. The van der Waals surface area contributed by atoms with E-state index in [1.54, 1.807) is 6.07 Å². The van der Waals surface area contributed by atoms with Crippen molar-refractivity contribution in [3.63, 3.8) is 0 Å². The summed E-state index contributed by atoms with van der Waals surface area (Å²) in [4.78, 5) is 12.4. The molecule has 0 bridgehead atoms. The highest BCUT2D eigenvalue weighted by atomic mass is 79.9. The summed E-state index contributed by atoms with van der Waals surface area (Å²) in [6, 6.07) is 7.43. The third-order valence-corrected chi connectivity index (χ3v) is 4.90. The lowest BCUT2D eigenvalue weighted by Gasteiger charge is -1.94. The molecule has 2 aromatic rings. The first-order valence-corrected chi connectivity index (χ1v) is 7.93. The number of halogens is 1. The quantitative estimate of drug-likeness (QED) is 0.667. The Morgan fingerprint density at radius 2 is 2.30 bits per heavy atom. The Morgan fingerprint density at radius 1 is 1.50 bits per heavy atom. The average Bonchev–Trinajstić information content (AvgIpc) is 2.82. The van der Waals surface area contributed by atoms with Gasteiger partial charge in [-0.2, -0.15) is 5.10 Å². The predicted octanol–water partition coefficient (Wildman–Crippen LogP) is 3.99. The topological polar surface area (TPSA) is 54.6 Å². The van der Waals surface area contributed by atoms with Gasteiger partial charge in [-0.1, -0.05) is 6.92 Å². The SMILES string of the molecule is C[C@@H]1C[C@H]1c1ccc(/C=N\NC(=O)c2ccc(Br)s2)o1. The van der Waals surface area contributed by atoms with Crippen molar-refractivity contribution in [1.82, 2.24) is 5.43 Å². The third-order valence-electron chi connectivity index (χ3n) is 3.28. The molecule has 1 aliphatic carbocycles. The van der Waals surface area contributed by atoms with Crippen LogP contribution in [0.4, 0.5) is 0 Å². The van der Waals surface area contributed by atoms with Gasteiger partial charge < -0.3 is 4.42 Å². The van der Waals surface area contributed by atoms with E-state index in [0.29, 0.717) is 22.5 Å². The molecule has 1 saturated carbocycles. The fraction of sp³-hybridized carbons (Fsp3) is 0.286. The number of carbonyl (C=O) groups excluding carboxylic acids is 1. The molecule has 0 spiro atoms. The number of hydrogen-bond acceptors (Lipinski definition) is 4. The highest BCUT2D eigenvalue weighted by molar-refractivity contribution is 9.11. The summed E-state index contributed by atoms with van der Waals surface area (Å²) >= 11 is 4.68. The lowest BCUT2D eigenvalue weighted by Crippen LogP contribution is -2.15. The molecule has 2 atom stereocenters. The van der Waals surface area contributed by atoms with Gasteiger partial charge in [0, 0.05) is 5.92 Å². The summed E-state index contributed by atoms with van der Waals surface area (Å²) in [7, 11) is 0. The Labute approximate surface area is 129 Å². The van der Waals surface area contributed by atoms with Crippen molar-refractivity contribution in [3.8, 4) is 0 Å². The van der Waals surface area contributed by atoms with E-state index in [0.717, 1.165) is 9.55 Å². The molecular weight excluding hydrogens is 340 g/mol. The lowest BCUT2D eigenvalue weighted by atomic mass is 10.3. The zero-order valence-electron chi connectivity index (χ0n) is 10.8. The van der Waals surface area contributed by atoms with Crippen molar-refractivity contribution in [2.75, 3.05) is 0 Å². The average molecular weight is 353 g/mol. The second kappa shape index (κ2) is 5.54. The zero-order chi connectivity index (χ0) is 14.1. The Bertz CT molecular complexity index is 662. The number of rotatable bonds is 4. The van der Waals surface area contributed by atoms with Crippen LogP contribution >= 0.6 is 27.3 Å². The van der Waals surface area contributed by atoms with Crippen molar-refractivity contribution in [2.45, 2.75) is 19.3 Å². The first kappa shape index (κ1) is 13.6. The molecule has 6 heteroatoms. The number of nitrogens with zero attached hydrogens (tertiary/aromatic N) is 1. The summed E-state index contributed by atoms with van der Waals surface area (Å²) in [5.41, 5.74) is 2.48. The molecule has 0 aliphatic heterocycles. The van der Waals surface area contributed by atoms with E-state index >= 15 is 0 Å². The molecule has 0 aromatic carbocycles. The Hall–Kier alpha value is -1.40. The van der Waals surface area contributed by atoms with Gasteiger partial charge in [-0.3, -0.25) is 4.79 Å². The Morgan fingerprint density at radius 3 is 2.95 bits per heavy atom. The third kappa shape index (κ3) is 3.02. The maximum Gasteiger partial charge on any atom is 0.281 e. The summed E-state index contributed by atoms with van der Waals surface area (Å²) in [6.07, 6.45) is 2.71. The van der Waals surface area contributed by atoms with Crippen LogP contribution in [0.2, 0.25) is 0 Å². The van der Waals surface area contributed by atoms with Gasteiger partial charge >= 0.3 is 0 Å². The van der Waals surface area contributed by atoms with Gasteiger partial charge in [-0.05, 0) is 52.5 Å². The van der Waals surface area contributed by atoms with Crippen LogP contribution in [-0.2, 0) is 0 Å². The molecule has 0 saturated heterocycles. The van der Waals surface area contributed by atoms with Crippen LogP contribution in [0.5, 0.6) is 0 Å². The zero-order valence-corrected chi connectivity index (χ0v) is 13.2. The molecule has 104 valence electrons. The normalized spacial score (nSPS) is 21.3. The van der Waals surface area contributed by atoms with E-state index in [1.165, 1.54) is 24.0 Å². The van der Waals surface area contributed by atoms with Crippen LogP contribution in [0.15, 0.2) is 37.6 Å². The van der Waals surface area contributed by atoms with Crippen LogP contribution in [0.25, 0.3) is 0 Å². The molecule has 1 amide bonds. The van der Waals surface area contributed by atoms with Crippen molar-refractivity contribution >= 4 is 39.4 Å². The van der Waals surface area contributed by atoms with E-state index in [9.17, 15) is 4.79 Å². The molecule has 20 heavy (non-hydrogen) atoms. The smallest absolute Gasteiger partial charge is 0.281 e. The number of nitrogens with one attached hydrogen (secondary N) is 1. The van der Waals surface area contributed by atoms with Gasteiger partial charge in [-0.25, -0.2) is 5.43 Å². The first-order valence-electron chi connectivity index (χ1n) is 6.32. The van der Waals surface area contributed by atoms with Gasteiger partial charge in [0.25, 0.3) is 5.91 Å². The maximum atomic E-state index is 11.7. The minimum Gasteiger partial charge on any atom is -0.460 e. The van der Waals surface area contributed by atoms with E-state index in [2.05, 4.69) is 33.4 Å². The van der Waals surface area contributed by atoms with Crippen molar-refractivity contribution in [2.24, 2.45) is 11.0 Å². The molecular formula is C14H13BrN2O2S. The standard InChI is InChI=1S/C14H13BrN2O2S/c1-8-6-10(8)11-3-2-9(19-11)7-16-17-14(18)12-4-5-13(15)20-12/h2-5,7-8,10H,6H2,1H3,(H,17,18)/b16-7-/t8-,10-/m1/s1. The second-order valence-corrected chi connectivity index (χ2v) is 7.33. The van der Waals surface area contributed by atoms with Crippen molar-refractivity contribution in [1.29, 1.82) is 0 Å². The lowest BCUT2D eigenvalue weighted by molar-refractivity contribution is 0.0959. The molecule has 2 heterocycles. The van der Waals surface area contributed by atoms with E-state index in [1.807, 2.05) is 18.2 Å². The number of carbonyl (C=O) groups is 1. The number of thiophene rings is 1. The molecule has 2 aromatic heterocycles. The number of hydrazone groups is 1. The van der Waals surface area contributed by atoms with Crippen LogP contribution < -0.4 is 5.43 Å². The van der Waals surface area contributed by atoms with E-state index in [4.69, 9.17) is 4.42 Å². The number of amides is 1.